The van der Waals surface area contributed by atoms with Gasteiger partial charge in [0.1, 0.15) is 0 Å². The summed E-state index contributed by atoms with van der Waals surface area (Å²) in [4.78, 5) is 0. The van der Waals surface area contributed by atoms with Crippen molar-refractivity contribution in [3.05, 3.63) is 35.7 Å². The number of nitrogens with two attached hydrogens (primary N) is 2. The Balaban J connectivity index is 2.05. The first-order valence-electron chi connectivity index (χ1n) is 5.04. The summed E-state index contributed by atoms with van der Waals surface area (Å²) < 4.78 is 0. The Kier molecular flexibility index (Phi) is 2.68. The lowest BCUT2D eigenvalue weighted by Crippen LogP contribution is -2.01. The molecule has 0 amide bonds. The standard InChI is InChI=1S/C11H15N5/c1-7-8(6-15-16-7)5-14-9-2-3-10(12)11(13)4-9/h2-4,6,14H,5,12-13H2,1H3,(H,15,16). The van der Waals surface area contributed by atoms with Gasteiger partial charge >= 0.3 is 0 Å². The zero-order chi connectivity index (χ0) is 11.5. The first-order valence-corrected chi connectivity index (χ1v) is 5.04. The molecule has 5 heteroatoms. The van der Waals surface area contributed by atoms with Gasteiger partial charge in [0.15, 0.2) is 0 Å². The Hall–Kier alpha value is -2.17. The molecule has 0 saturated heterocycles. The molecular weight excluding hydrogens is 202 g/mol. The third-order valence-corrected chi connectivity index (χ3v) is 2.50. The van der Waals surface area contributed by atoms with Crippen molar-refractivity contribution in [1.29, 1.82) is 0 Å². The minimum atomic E-state index is 0.592. The number of rotatable bonds is 3. The second kappa shape index (κ2) is 4.14. The van der Waals surface area contributed by atoms with E-state index in [2.05, 4.69) is 15.5 Å². The lowest BCUT2D eigenvalue weighted by molar-refractivity contribution is 1.04. The first-order chi connectivity index (χ1) is 7.66. The Morgan fingerprint density at radius 1 is 1.31 bits per heavy atom. The third-order valence-electron chi connectivity index (χ3n) is 2.50. The van der Waals surface area contributed by atoms with E-state index in [-0.39, 0.29) is 0 Å². The average molecular weight is 217 g/mol. The van der Waals surface area contributed by atoms with Crippen molar-refractivity contribution in [2.45, 2.75) is 13.5 Å². The predicted molar refractivity (Wildman–Crippen MR) is 65.9 cm³/mol. The first kappa shape index (κ1) is 10.4. The fraction of sp³-hybridized carbons (Fsp3) is 0.182. The number of H-pyrrole nitrogens is 1. The summed E-state index contributed by atoms with van der Waals surface area (Å²) in [5, 5.41) is 10.1. The van der Waals surface area contributed by atoms with E-state index in [0.29, 0.717) is 17.9 Å². The molecule has 2 aromatic rings. The van der Waals surface area contributed by atoms with Gasteiger partial charge in [0.2, 0.25) is 0 Å². The summed E-state index contributed by atoms with van der Waals surface area (Å²) in [5.41, 5.74) is 15.7. The van der Waals surface area contributed by atoms with E-state index in [0.717, 1.165) is 16.9 Å². The maximum Gasteiger partial charge on any atom is 0.0568 e. The van der Waals surface area contributed by atoms with Crippen molar-refractivity contribution in [3.63, 3.8) is 0 Å². The van der Waals surface area contributed by atoms with Crippen molar-refractivity contribution in [2.75, 3.05) is 16.8 Å². The van der Waals surface area contributed by atoms with Gasteiger partial charge in [-0.3, -0.25) is 5.10 Å². The highest BCUT2D eigenvalue weighted by molar-refractivity contribution is 5.69. The van der Waals surface area contributed by atoms with Gasteiger partial charge in [0, 0.05) is 23.5 Å². The monoisotopic (exact) mass is 217 g/mol. The summed E-state index contributed by atoms with van der Waals surface area (Å²) in [6.07, 6.45) is 1.81. The molecule has 16 heavy (non-hydrogen) atoms. The highest BCUT2D eigenvalue weighted by Crippen LogP contribution is 2.20. The molecule has 0 fully saturated rings. The molecule has 1 aromatic carbocycles. The van der Waals surface area contributed by atoms with E-state index in [9.17, 15) is 0 Å². The van der Waals surface area contributed by atoms with Crippen LogP contribution >= 0.6 is 0 Å². The molecule has 0 aliphatic heterocycles. The molecule has 0 unspecified atom stereocenters. The molecular formula is C11H15N5. The van der Waals surface area contributed by atoms with Crippen LogP contribution in [0.4, 0.5) is 17.1 Å². The van der Waals surface area contributed by atoms with E-state index in [1.807, 2.05) is 25.3 Å². The fourth-order valence-corrected chi connectivity index (χ4v) is 1.44. The number of aromatic amines is 1. The quantitative estimate of drug-likeness (QED) is 0.586. The summed E-state index contributed by atoms with van der Waals surface area (Å²) in [6, 6.07) is 5.52. The molecule has 0 saturated carbocycles. The van der Waals surface area contributed by atoms with Crippen LogP contribution in [-0.2, 0) is 6.54 Å². The Morgan fingerprint density at radius 3 is 2.75 bits per heavy atom. The SMILES string of the molecule is Cc1[nH]ncc1CNc1ccc(N)c(N)c1. The second-order valence-corrected chi connectivity index (χ2v) is 3.72. The summed E-state index contributed by atoms with van der Waals surface area (Å²) in [5.74, 6) is 0. The smallest absolute Gasteiger partial charge is 0.0568 e. The zero-order valence-corrected chi connectivity index (χ0v) is 9.12. The highest BCUT2D eigenvalue weighted by atomic mass is 15.1. The number of aromatic nitrogens is 2. The molecule has 1 heterocycles. The topological polar surface area (TPSA) is 92.8 Å². The van der Waals surface area contributed by atoms with Crippen LogP contribution in [0.2, 0.25) is 0 Å². The predicted octanol–water partition coefficient (Wildman–Crippen LogP) is 1.49. The Labute approximate surface area is 93.8 Å². The van der Waals surface area contributed by atoms with Gasteiger partial charge in [0.25, 0.3) is 0 Å². The molecule has 0 radical (unpaired) electrons. The van der Waals surface area contributed by atoms with Crippen molar-refractivity contribution in [3.8, 4) is 0 Å². The number of nitrogens with zero attached hydrogens (tertiary/aromatic N) is 1. The van der Waals surface area contributed by atoms with Crippen molar-refractivity contribution in [1.82, 2.24) is 10.2 Å². The summed E-state index contributed by atoms with van der Waals surface area (Å²) in [7, 11) is 0. The van der Waals surface area contributed by atoms with E-state index < -0.39 is 0 Å². The van der Waals surface area contributed by atoms with E-state index >= 15 is 0 Å². The average Bonchev–Trinajstić information content (AvgIpc) is 2.66. The van der Waals surface area contributed by atoms with Crippen LogP contribution in [-0.4, -0.2) is 10.2 Å². The Bertz CT molecular complexity index is 489. The zero-order valence-electron chi connectivity index (χ0n) is 9.12. The van der Waals surface area contributed by atoms with Crippen molar-refractivity contribution < 1.29 is 0 Å². The van der Waals surface area contributed by atoms with Crippen LogP contribution < -0.4 is 16.8 Å². The van der Waals surface area contributed by atoms with Gasteiger partial charge in [-0.2, -0.15) is 5.10 Å². The van der Waals surface area contributed by atoms with Crippen molar-refractivity contribution >= 4 is 17.1 Å². The fourth-order valence-electron chi connectivity index (χ4n) is 1.44. The van der Waals surface area contributed by atoms with Crippen LogP contribution in [0.25, 0.3) is 0 Å². The number of hydrogen-bond acceptors (Lipinski definition) is 4. The van der Waals surface area contributed by atoms with Gasteiger partial charge in [-0.25, -0.2) is 0 Å². The van der Waals surface area contributed by atoms with Crippen LogP contribution in [0.1, 0.15) is 11.3 Å². The molecule has 0 atom stereocenters. The second-order valence-electron chi connectivity index (χ2n) is 3.72. The van der Waals surface area contributed by atoms with Crippen LogP contribution in [0.5, 0.6) is 0 Å². The van der Waals surface area contributed by atoms with Crippen LogP contribution in [0.3, 0.4) is 0 Å². The number of nitrogens with one attached hydrogen (secondary N) is 2. The highest BCUT2D eigenvalue weighted by Gasteiger charge is 2.01. The molecule has 0 aliphatic rings. The van der Waals surface area contributed by atoms with E-state index in [4.69, 9.17) is 11.5 Å². The van der Waals surface area contributed by atoms with Gasteiger partial charge in [-0.05, 0) is 25.1 Å². The minimum absolute atomic E-state index is 0.592. The molecule has 2 rings (SSSR count). The maximum absolute atomic E-state index is 5.72. The molecule has 0 aliphatic carbocycles. The van der Waals surface area contributed by atoms with Crippen molar-refractivity contribution in [2.24, 2.45) is 0 Å². The van der Waals surface area contributed by atoms with Gasteiger partial charge in [-0.1, -0.05) is 0 Å². The molecule has 5 nitrogen and oxygen atoms in total. The lowest BCUT2D eigenvalue weighted by atomic mass is 10.2. The number of nitrogen functional groups attached to an aromatic ring is 2. The number of hydrogen-bond donors (Lipinski definition) is 4. The van der Waals surface area contributed by atoms with Crippen LogP contribution in [0.15, 0.2) is 24.4 Å². The number of aryl methyl sites for hydroxylation is 1. The largest absolute Gasteiger partial charge is 0.397 e. The molecule has 84 valence electrons. The molecule has 0 spiro atoms. The van der Waals surface area contributed by atoms with Gasteiger partial charge in [-0.15, -0.1) is 0 Å². The molecule has 1 aromatic heterocycles. The van der Waals surface area contributed by atoms with E-state index in [1.165, 1.54) is 0 Å². The summed E-state index contributed by atoms with van der Waals surface area (Å²) >= 11 is 0. The summed E-state index contributed by atoms with van der Waals surface area (Å²) in [6.45, 7) is 2.70. The minimum Gasteiger partial charge on any atom is -0.397 e. The van der Waals surface area contributed by atoms with Gasteiger partial charge < -0.3 is 16.8 Å². The van der Waals surface area contributed by atoms with Crippen LogP contribution in [0, 0.1) is 6.92 Å². The number of anilines is 3. The normalized spacial score (nSPS) is 10.3. The maximum atomic E-state index is 5.72. The molecule has 0 bridgehead atoms. The molecule has 6 N–H and O–H groups in total. The Morgan fingerprint density at radius 2 is 2.12 bits per heavy atom. The number of benzene rings is 1. The van der Waals surface area contributed by atoms with E-state index in [1.54, 1.807) is 6.07 Å². The lowest BCUT2D eigenvalue weighted by Gasteiger charge is -2.07. The third kappa shape index (κ3) is 2.08. The van der Waals surface area contributed by atoms with Gasteiger partial charge in [0.05, 0.1) is 17.6 Å².